The van der Waals surface area contributed by atoms with E-state index in [0.717, 1.165) is 32.9 Å². The summed E-state index contributed by atoms with van der Waals surface area (Å²) in [4.78, 5) is 75.6. The van der Waals surface area contributed by atoms with Crippen LogP contribution in [0.25, 0.3) is 21.8 Å². The second-order valence-corrected chi connectivity index (χ2v) is 10.9. The molecule has 1 aliphatic heterocycles. The Labute approximate surface area is 252 Å². The standard InChI is InChI=1S/C32H34N6O6/c1-33-31(43)27-11-6-14-38(27)32(44)26(16-20-18-35-24-10-5-3-8-22(20)24)37-30(42)25(36-28(39)12-13-29(40)41)15-19-17-34-23-9-4-2-7-21(19)23/h2-5,7-10,17-18,25-27,34-35H,1,6,11-16H2,(H,36,39)(H,37,42)(H,40,41)/t25-,26+,27-/m0/s1. The average molecular weight is 599 g/mol. The van der Waals surface area contributed by atoms with Crippen LogP contribution in [0.1, 0.15) is 36.8 Å². The zero-order valence-corrected chi connectivity index (χ0v) is 24.0. The second kappa shape index (κ2) is 13.4. The molecule has 4 aromatic rings. The highest BCUT2D eigenvalue weighted by atomic mass is 16.4. The van der Waals surface area contributed by atoms with Crippen molar-refractivity contribution in [3.05, 3.63) is 72.1 Å². The minimum atomic E-state index is -1.13. The van der Waals surface area contributed by atoms with Crippen molar-refractivity contribution in [3.8, 4) is 0 Å². The molecule has 228 valence electrons. The van der Waals surface area contributed by atoms with Crippen LogP contribution in [0.5, 0.6) is 0 Å². The molecule has 0 unspecified atom stereocenters. The van der Waals surface area contributed by atoms with E-state index < -0.39 is 54.1 Å². The van der Waals surface area contributed by atoms with E-state index in [1.165, 1.54) is 4.90 Å². The summed E-state index contributed by atoms with van der Waals surface area (Å²) in [5.41, 5.74) is 3.28. The summed E-state index contributed by atoms with van der Waals surface area (Å²) in [6.07, 6.45) is 4.10. The Morgan fingerprint density at radius 2 is 1.48 bits per heavy atom. The number of fused-ring (bicyclic) bond motifs is 2. The zero-order chi connectivity index (χ0) is 31.2. The number of aliphatic imine (C=N–C) groups is 1. The molecule has 0 aliphatic carbocycles. The number of nitrogens with zero attached hydrogens (tertiary/aromatic N) is 2. The molecule has 4 amide bonds. The van der Waals surface area contributed by atoms with Crippen LogP contribution in [0, 0.1) is 0 Å². The molecule has 12 nitrogen and oxygen atoms in total. The fourth-order valence-electron chi connectivity index (χ4n) is 5.80. The number of aromatic nitrogens is 2. The van der Waals surface area contributed by atoms with Gasteiger partial charge in [0.25, 0.3) is 5.91 Å². The van der Waals surface area contributed by atoms with Gasteiger partial charge < -0.3 is 30.6 Å². The number of carboxylic acid groups (broad SMARTS) is 1. The second-order valence-electron chi connectivity index (χ2n) is 10.9. The Balaban J connectivity index is 1.44. The van der Waals surface area contributed by atoms with Crippen LogP contribution in [-0.4, -0.2) is 81.0 Å². The molecule has 3 atom stereocenters. The molecule has 44 heavy (non-hydrogen) atoms. The van der Waals surface area contributed by atoms with Gasteiger partial charge in [-0.1, -0.05) is 36.4 Å². The largest absolute Gasteiger partial charge is 0.481 e. The number of amides is 4. The number of hydrogen-bond donors (Lipinski definition) is 5. The molecule has 0 bridgehead atoms. The molecule has 3 heterocycles. The molecule has 0 spiro atoms. The summed E-state index contributed by atoms with van der Waals surface area (Å²) < 4.78 is 0. The van der Waals surface area contributed by atoms with Gasteiger partial charge in [-0.25, -0.2) is 4.99 Å². The van der Waals surface area contributed by atoms with Crippen molar-refractivity contribution in [3.63, 3.8) is 0 Å². The van der Waals surface area contributed by atoms with E-state index in [2.05, 4.69) is 32.3 Å². The summed E-state index contributed by atoms with van der Waals surface area (Å²) in [7, 11) is 0. The minimum absolute atomic E-state index is 0.0911. The first-order chi connectivity index (χ1) is 21.2. The van der Waals surface area contributed by atoms with Crippen LogP contribution >= 0.6 is 0 Å². The third-order valence-corrected chi connectivity index (χ3v) is 8.01. The lowest BCUT2D eigenvalue weighted by atomic mass is 10.0. The SMILES string of the molecule is C=NC(=O)[C@@H]1CCCN1C(=O)[C@@H](Cc1c[nH]c2ccccc12)NC(=O)[C@H](Cc1c[nH]c2ccccc12)NC(=O)CCC(=O)O. The van der Waals surface area contributed by atoms with Crippen molar-refractivity contribution in [1.29, 1.82) is 0 Å². The number of rotatable bonds is 12. The van der Waals surface area contributed by atoms with E-state index in [-0.39, 0.29) is 19.3 Å². The number of H-pyrrole nitrogens is 2. The Kier molecular flexibility index (Phi) is 9.17. The van der Waals surface area contributed by atoms with Gasteiger partial charge in [0.2, 0.25) is 17.7 Å². The highest BCUT2D eigenvalue weighted by Crippen LogP contribution is 2.24. The van der Waals surface area contributed by atoms with E-state index in [0.29, 0.717) is 19.4 Å². The van der Waals surface area contributed by atoms with Crippen molar-refractivity contribution in [2.24, 2.45) is 4.99 Å². The number of carbonyl (C=O) groups is 5. The normalized spacial score (nSPS) is 16.0. The predicted molar refractivity (Wildman–Crippen MR) is 164 cm³/mol. The van der Waals surface area contributed by atoms with Gasteiger partial charge in [0, 0.05) is 60.0 Å². The van der Waals surface area contributed by atoms with Gasteiger partial charge in [-0.2, -0.15) is 0 Å². The van der Waals surface area contributed by atoms with E-state index in [9.17, 15) is 24.0 Å². The number of likely N-dealkylation sites (tertiary alicyclic amines) is 1. The van der Waals surface area contributed by atoms with Crippen molar-refractivity contribution in [2.45, 2.75) is 56.7 Å². The van der Waals surface area contributed by atoms with Gasteiger partial charge >= 0.3 is 5.97 Å². The smallest absolute Gasteiger partial charge is 0.303 e. The average Bonchev–Trinajstić information content (AvgIpc) is 3.78. The number of aromatic amines is 2. The number of hydrogen-bond acceptors (Lipinski definition) is 5. The van der Waals surface area contributed by atoms with Gasteiger partial charge in [-0.15, -0.1) is 0 Å². The zero-order valence-electron chi connectivity index (χ0n) is 24.0. The quantitative estimate of drug-likeness (QED) is 0.157. The predicted octanol–water partition coefficient (Wildman–Crippen LogP) is 2.49. The Morgan fingerprint density at radius 1 is 0.886 bits per heavy atom. The van der Waals surface area contributed by atoms with Crippen LogP contribution in [0.2, 0.25) is 0 Å². The van der Waals surface area contributed by atoms with Gasteiger partial charge in [0.05, 0.1) is 6.42 Å². The number of aliphatic carboxylic acids is 1. The van der Waals surface area contributed by atoms with E-state index in [1.54, 1.807) is 12.4 Å². The van der Waals surface area contributed by atoms with E-state index in [1.807, 2.05) is 48.5 Å². The Morgan fingerprint density at radius 3 is 2.07 bits per heavy atom. The fraction of sp³-hybridized carbons (Fsp3) is 0.312. The number of benzene rings is 2. The lowest BCUT2D eigenvalue weighted by molar-refractivity contribution is -0.141. The first-order valence-electron chi connectivity index (χ1n) is 14.5. The highest BCUT2D eigenvalue weighted by Gasteiger charge is 2.38. The van der Waals surface area contributed by atoms with Crippen molar-refractivity contribution in [2.75, 3.05) is 6.54 Å². The van der Waals surface area contributed by atoms with Gasteiger partial charge in [-0.3, -0.25) is 24.0 Å². The molecule has 1 saturated heterocycles. The summed E-state index contributed by atoms with van der Waals surface area (Å²) >= 11 is 0. The summed E-state index contributed by atoms with van der Waals surface area (Å²) in [6.45, 7) is 3.66. The number of para-hydroxylation sites is 2. The molecule has 2 aromatic heterocycles. The maximum atomic E-state index is 14.0. The summed E-state index contributed by atoms with van der Waals surface area (Å²) in [6, 6.07) is 12.2. The van der Waals surface area contributed by atoms with Crippen LogP contribution in [0.3, 0.4) is 0 Å². The fourth-order valence-corrected chi connectivity index (χ4v) is 5.80. The number of carbonyl (C=O) groups excluding carboxylic acids is 4. The van der Waals surface area contributed by atoms with Crippen LogP contribution < -0.4 is 10.6 Å². The molecule has 0 saturated carbocycles. The third-order valence-electron chi connectivity index (χ3n) is 8.01. The van der Waals surface area contributed by atoms with Crippen LogP contribution in [0.15, 0.2) is 65.9 Å². The van der Waals surface area contributed by atoms with Gasteiger partial charge in [-0.05, 0) is 42.8 Å². The maximum absolute atomic E-state index is 14.0. The number of carboxylic acids is 1. The van der Waals surface area contributed by atoms with Crippen molar-refractivity contribution >= 4 is 58.1 Å². The first-order valence-corrected chi connectivity index (χ1v) is 14.5. The molecule has 0 radical (unpaired) electrons. The van der Waals surface area contributed by atoms with Crippen molar-refractivity contribution in [1.82, 2.24) is 25.5 Å². The molecule has 2 aromatic carbocycles. The van der Waals surface area contributed by atoms with Crippen LogP contribution in [0.4, 0.5) is 0 Å². The first kappa shape index (κ1) is 30.2. The maximum Gasteiger partial charge on any atom is 0.303 e. The summed E-state index contributed by atoms with van der Waals surface area (Å²) in [5, 5.41) is 16.3. The molecule has 5 N–H and O–H groups in total. The molecule has 5 rings (SSSR count). The highest BCUT2D eigenvalue weighted by molar-refractivity contribution is 5.96. The molecule has 1 aliphatic rings. The molecule has 12 heteroatoms. The monoisotopic (exact) mass is 598 g/mol. The molecule has 1 fully saturated rings. The van der Waals surface area contributed by atoms with Crippen molar-refractivity contribution < 1.29 is 29.1 Å². The number of nitrogens with one attached hydrogen (secondary N) is 4. The topological polar surface area (TPSA) is 177 Å². The Hall–Kier alpha value is -5.26. The molecular weight excluding hydrogens is 564 g/mol. The van der Waals surface area contributed by atoms with E-state index in [4.69, 9.17) is 5.11 Å². The van der Waals surface area contributed by atoms with Gasteiger partial charge in [0.15, 0.2) is 0 Å². The Bertz CT molecular complexity index is 1720. The lowest BCUT2D eigenvalue weighted by Crippen LogP contribution is -2.56. The van der Waals surface area contributed by atoms with Gasteiger partial charge in [0.1, 0.15) is 18.1 Å². The lowest BCUT2D eigenvalue weighted by Gasteiger charge is -2.29. The molecular formula is C32H34N6O6. The van der Waals surface area contributed by atoms with E-state index >= 15 is 0 Å². The third kappa shape index (κ3) is 6.69. The minimum Gasteiger partial charge on any atom is -0.481 e. The van der Waals surface area contributed by atoms with Crippen LogP contribution in [-0.2, 0) is 36.8 Å². The summed E-state index contributed by atoms with van der Waals surface area (Å²) in [5.74, 6) is -3.29.